The first-order valence-corrected chi connectivity index (χ1v) is 14.3. The summed E-state index contributed by atoms with van der Waals surface area (Å²) in [6, 6.07) is 10.3. The lowest BCUT2D eigenvalue weighted by Crippen LogP contribution is -2.57. The lowest BCUT2D eigenvalue weighted by Gasteiger charge is -2.48. The fraction of sp³-hybridized carbons (Fsp3) is 0.643. The molecule has 8 heteroatoms. The second kappa shape index (κ2) is 9.44. The number of fused-ring (bicyclic) bond motifs is 2. The van der Waals surface area contributed by atoms with Crippen LogP contribution >= 0.6 is 11.3 Å². The van der Waals surface area contributed by atoms with Crippen molar-refractivity contribution in [2.45, 2.75) is 75.3 Å². The molecule has 1 amide bonds. The van der Waals surface area contributed by atoms with Gasteiger partial charge in [-0.15, -0.1) is 11.3 Å². The van der Waals surface area contributed by atoms with E-state index in [4.69, 9.17) is 4.98 Å². The Balaban J connectivity index is 1.31. The molecular formula is C28H36F2N4OS. The summed E-state index contributed by atoms with van der Waals surface area (Å²) in [6.45, 7) is 5.53. The topological polar surface area (TPSA) is 57.3 Å². The van der Waals surface area contributed by atoms with Crippen LogP contribution in [-0.4, -0.2) is 53.9 Å². The molecule has 2 N–H and O–H groups in total. The van der Waals surface area contributed by atoms with Crippen molar-refractivity contribution >= 4 is 17.2 Å². The molecule has 36 heavy (non-hydrogen) atoms. The smallest absolute Gasteiger partial charge is 0.248 e. The highest BCUT2D eigenvalue weighted by molar-refractivity contribution is 7.11. The Bertz CT molecular complexity index is 1110. The van der Waals surface area contributed by atoms with Crippen molar-refractivity contribution < 1.29 is 13.6 Å². The van der Waals surface area contributed by atoms with Crippen LogP contribution in [-0.2, 0) is 16.8 Å². The maximum Gasteiger partial charge on any atom is 0.248 e. The van der Waals surface area contributed by atoms with Crippen molar-refractivity contribution in [1.29, 1.82) is 0 Å². The van der Waals surface area contributed by atoms with E-state index in [-0.39, 0.29) is 42.0 Å². The molecule has 1 aromatic heterocycles. The Morgan fingerprint density at radius 1 is 1.17 bits per heavy atom. The highest BCUT2D eigenvalue weighted by atomic mass is 32.1. The van der Waals surface area contributed by atoms with E-state index in [2.05, 4.69) is 34.9 Å². The van der Waals surface area contributed by atoms with E-state index in [0.29, 0.717) is 25.4 Å². The molecule has 6 rings (SSSR count). The number of hydrogen-bond acceptors (Lipinski definition) is 5. The number of alkyl halides is 2. The number of carbonyl (C=O) groups is 1. The van der Waals surface area contributed by atoms with E-state index in [1.807, 2.05) is 17.9 Å². The number of hydrogen-bond donors (Lipinski definition) is 2. The van der Waals surface area contributed by atoms with Gasteiger partial charge in [-0.1, -0.05) is 30.3 Å². The summed E-state index contributed by atoms with van der Waals surface area (Å²) in [5.74, 6) is -2.54. The number of halogens is 2. The second-order valence-electron chi connectivity index (χ2n) is 11.4. The Hall–Kier alpha value is -1.90. The highest BCUT2D eigenvalue weighted by Crippen LogP contribution is 2.47. The van der Waals surface area contributed by atoms with Gasteiger partial charge in [-0.25, -0.2) is 13.8 Å². The number of piperidine rings is 1. The average Bonchev–Trinajstić information content (AvgIpc) is 3.47. The molecule has 3 aliphatic heterocycles. The molecule has 1 aliphatic carbocycles. The summed E-state index contributed by atoms with van der Waals surface area (Å²) in [6.07, 6.45) is 2.84. The molecule has 1 unspecified atom stereocenters. The van der Waals surface area contributed by atoms with E-state index in [1.54, 1.807) is 11.3 Å². The molecule has 5 nitrogen and oxygen atoms in total. The predicted octanol–water partition coefficient (Wildman–Crippen LogP) is 4.61. The lowest BCUT2D eigenvalue weighted by molar-refractivity contribution is -0.145. The Morgan fingerprint density at radius 3 is 2.78 bits per heavy atom. The minimum Gasteiger partial charge on any atom is -0.339 e. The fourth-order valence-corrected chi connectivity index (χ4v) is 8.63. The summed E-state index contributed by atoms with van der Waals surface area (Å²) in [7, 11) is 0. The van der Waals surface area contributed by atoms with Crippen LogP contribution in [0.2, 0.25) is 0 Å². The third-order valence-corrected chi connectivity index (χ3v) is 10.4. The quantitative estimate of drug-likeness (QED) is 0.628. The summed E-state index contributed by atoms with van der Waals surface area (Å²) >= 11 is 1.72. The van der Waals surface area contributed by atoms with Gasteiger partial charge in [-0.3, -0.25) is 4.79 Å². The summed E-state index contributed by atoms with van der Waals surface area (Å²) in [4.78, 5) is 22.4. The normalized spacial score (nSPS) is 34.0. The molecule has 4 aliphatic rings. The van der Waals surface area contributed by atoms with Gasteiger partial charge in [0.15, 0.2) is 0 Å². The van der Waals surface area contributed by atoms with Gasteiger partial charge >= 0.3 is 0 Å². The molecule has 5 atom stereocenters. The van der Waals surface area contributed by atoms with Crippen molar-refractivity contribution in [3.05, 3.63) is 51.5 Å². The zero-order valence-electron chi connectivity index (χ0n) is 20.9. The van der Waals surface area contributed by atoms with Crippen LogP contribution in [0.1, 0.15) is 65.6 Å². The molecule has 194 valence electrons. The number of rotatable bonds is 3. The fourth-order valence-electron chi connectivity index (χ4n) is 7.45. The molecule has 1 saturated carbocycles. The van der Waals surface area contributed by atoms with Gasteiger partial charge in [0.2, 0.25) is 11.8 Å². The number of thiazole rings is 1. The third-order valence-electron chi connectivity index (χ3n) is 9.16. The number of benzene rings is 1. The maximum absolute atomic E-state index is 14.6. The van der Waals surface area contributed by atoms with Crippen molar-refractivity contribution in [1.82, 2.24) is 20.5 Å². The molecule has 0 radical (unpaired) electrons. The van der Waals surface area contributed by atoms with Gasteiger partial charge in [-0.05, 0) is 50.0 Å². The number of likely N-dealkylation sites (tertiary alicyclic amines) is 1. The van der Waals surface area contributed by atoms with Crippen molar-refractivity contribution in [2.75, 3.05) is 26.2 Å². The van der Waals surface area contributed by atoms with Crippen LogP contribution in [0.25, 0.3) is 0 Å². The van der Waals surface area contributed by atoms with Crippen LogP contribution in [0.15, 0.2) is 30.3 Å². The Labute approximate surface area is 216 Å². The molecule has 0 bridgehead atoms. The Kier molecular flexibility index (Phi) is 6.41. The average molecular weight is 515 g/mol. The number of amides is 1. The number of aromatic nitrogens is 1. The van der Waals surface area contributed by atoms with Crippen LogP contribution in [0, 0.1) is 18.8 Å². The molecule has 1 spiro atoms. The van der Waals surface area contributed by atoms with E-state index < -0.39 is 5.92 Å². The van der Waals surface area contributed by atoms with E-state index in [1.165, 1.54) is 10.4 Å². The zero-order chi connectivity index (χ0) is 24.9. The molecular weight excluding hydrogens is 478 g/mol. The van der Waals surface area contributed by atoms with Crippen molar-refractivity contribution in [3.8, 4) is 0 Å². The predicted molar refractivity (Wildman–Crippen MR) is 137 cm³/mol. The number of nitrogens with one attached hydrogen (secondary N) is 2. The number of nitrogens with zero attached hydrogens (tertiary/aromatic N) is 2. The van der Waals surface area contributed by atoms with Crippen LogP contribution in [0.3, 0.4) is 0 Å². The minimum atomic E-state index is -2.63. The molecule has 2 saturated heterocycles. The van der Waals surface area contributed by atoms with Gasteiger partial charge in [0.1, 0.15) is 0 Å². The van der Waals surface area contributed by atoms with Crippen LogP contribution < -0.4 is 10.6 Å². The van der Waals surface area contributed by atoms with Crippen LogP contribution in [0.4, 0.5) is 8.78 Å². The van der Waals surface area contributed by atoms with Gasteiger partial charge in [0.05, 0.1) is 16.6 Å². The first-order valence-electron chi connectivity index (χ1n) is 13.5. The first-order chi connectivity index (χ1) is 17.4. The van der Waals surface area contributed by atoms with Gasteiger partial charge in [0, 0.05) is 61.9 Å². The minimum absolute atomic E-state index is 0.0267. The highest BCUT2D eigenvalue weighted by Gasteiger charge is 2.54. The van der Waals surface area contributed by atoms with E-state index in [0.717, 1.165) is 49.6 Å². The van der Waals surface area contributed by atoms with Crippen molar-refractivity contribution in [2.24, 2.45) is 11.8 Å². The van der Waals surface area contributed by atoms with E-state index in [9.17, 15) is 13.6 Å². The Morgan fingerprint density at radius 2 is 1.97 bits per heavy atom. The standard InChI is InChI=1S/C28H36F2N4OS/c1-18-33-23-15-32-17-27(25(23)36-18)16-31-14-22(27)26(35)34-11-9-20(19-6-3-2-4-7-19)12-24(34)21-8-5-10-28(29,30)13-21/h2-4,6-7,20-22,24,31-32H,5,8-17H2,1H3/t20-,21?,22+,24+,27+/m1/s1. The molecule has 1 aromatic carbocycles. The SMILES string of the molecule is Cc1nc2c(s1)[C@]1(CNC2)CNC[C@H]1C(=O)N1CC[C@@H](c2ccccc2)C[C@H]1C1CCCC(F)(F)C1. The van der Waals surface area contributed by atoms with Gasteiger partial charge in [-0.2, -0.15) is 0 Å². The zero-order valence-corrected chi connectivity index (χ0v) is 21.8. The largest absolute Gasteiger partial charge is 0.339 e. The monoisotopic (exact) mass is 514 g/mol. The van der Waals surface area contributed by atoms with E-state index >= 15 is 0 Å². The first kappa shape index (κ1) is 24.4. The second-order valence-corrected chi connectivity index (χ2v) is 12.6. The lowest BCUT2D eigenvalue weighted by atomic mass is 9.71. The van der Waals surface area contributed by atoms with Crippen molar-refractivity contribution in [3.63, 3.8) is 0 Å². The molecule has 4 heterocycles. The maximum atomic E-state index is 14.6. The van der Waals surface area contributed by atoms with Gasteiger partial charge < -0.3 is 15.5 Å². The third kappa shape index (κ3) is 4.29. The van der Waals surface area contributed by atoms with Gasteiger partial charge in [0.25, 0.3) is 0 Å². The molecule has 3 fully saturated rings. The summed E-state index contributed by atoms with van der Waals surface area (Å²) in [5.41, 5.74) is 2.02. The number of carbonyl (C=O) groups excluding carboxylic acids is 1. The summed E-state index contributed by atoms with van der Waals surface area (Å²) < 4.78 is 29.2. The summed E-state index contributed by atoms with van der Waals surface area (Å²) in [5, 5.41) is 8.07. The van der Waals surface area contributed by atoms with Crippen LogP contribution in [0.5, 0.6) is 0 Å². The molecule has 2 aromatic rings. The number of aryl methyl sites for hydroxylation is 1.